The van der Waals surface area contributed by atoms with E-state index in [0.717, 1.165) is 38.1 Å². The molecule has 7 aromatic carbocycles. The summed E-state index contributed by atoms with van der Waals surface area (Å²) in [6.45, 7) is 0. The van der Waals surface area contributed by atoms with Gasteiger partial charge in [-0.05, 0) is 57.4 Å². The maximum absolute atomic E-state index is 15.2. The number of nitrogens with one attached hydrogen (secondary N) is 1. The predicted octanol–water partition coefficient (Wildman–Crippen LogP) is 8.88. The summed E-state index contributed by atoms with van der Waals surface area (Å²) in [4.78, 5) is 2.44. The van der Waals surface area contributed by atoms with Gasteiger partial charge in [-0.25, -0.2) is 0 Å². The van der Waals surface area contributed by atoms with Crippen LogP contribution in [0.1, 0.15) is 11.7 Å². The average molecular weight is 571 g/mol. The van der Waals surface area contributed by atoms with Gasteiger partial charge in [0.05, 0.1) is 17.1 Å². The molecular weight excluding hydrogens is 543 g/mol. The Balaban J connectivity index is 1.31. The lowest BCUT2D eigenvalue weighted by Crippen LogP contribution is -2.28. The third-order valence-corrected chi connectivity index (χ3v) is 12.1. The van der Waals surface area contributed by atoms with Gasteiger partial charge in [-0.15, -0.1) is 0 Å². The number of fused-ring (bicyclic) bond motifs is 11. The highest BCUT2D eigenvalue weighted by Gasteiger charge is 2.39. The van der Waals surface area contributed by atoms with E-state index in [0.29, 0.717) is 0 Å². The quantitative estimate of drug-likeness (QED) is 0.215. The van der Waals surface area contributed by atoms with Gasteiger partial charge in [-0.1, -0.05) is 121 Å². The van der Waals surface area contributed by atoms with Crippen molar-refractivity contribution in [3.63, 3.8) is 0 Å². The van der Waals surface area contributed by atoms with Gasteiger partial charge in [0.2, 0.25) is 0 Å². The van der Waals surface area contributed by atoms with Crippen LogP contribution in [-0.4, -0.2) is 0 Å². The fourth-order valence-corrected chi connectivity index (χ4v) is 9.74. The molecule has 1 unspecified atom stereocenters. The summed E-state index contributed by atoms with van der Waals surface area (Å²) in [5, 5.41) is 11.1. The highest BCUT2D eigenvalue weighted by atomic mass is 31.2. The SMILES string of the molecule is O=P(c1ccccc1)(c1ccccc1)c1ccc2cc3c(cc2c1)N1c2ccccc2NC1c1c-3ccc2ccccc12. The topological polar surface area (TPSA) is 32.3 Å². The van der Waals surface area contributed by atoms with Crippen LogP contribution in [0.25, 0.3) is 32.7 Å². The Hall–Kier alpha value is -5.11. The second-order valence-electron chi connectivity index (χ2n) is 11.4. The van der Waals surface area contributed by atoms with Gasteiger partial charge in [0, 0.05) is 27.0 Å². The van der Waals surface area contributed by atoms with Crippen molar-refractivity contribution in [2.75, 3.05) is 10.2 Å². The van der Waals surface area contributed by atoms with E-state index in [-0.39, 0.29) is 6.17 Å². The van der Waals surface area contributed by atoms with Crippen molar-refractivity contribution < 1.29 is 4.57 Å². The molecule has 2 aliphatic heterocycles. The van der Waals surface area contributed by atoms with Gasteiger partial charge in [0.1, 0.15) is 6.17 Å². The Labute approximate surface area is 250 Å². The zero-order valence-electron chi connectivity index (χ0n) is 23.3. The molecule has 4 heteroatoms. The van der Waals surface area contributed by atoms with Gasteiger partial charge >= 0.3 is 0 Å². The summed E-state index contributed by atoms with van der Waals surface area (Å²) in [7, 11) is -3.09. The van der Waals surface area contributed by atoms with Crippen molar-refractivity contribution in [1.82, 2.24) is 0 Å². The van der Waals surface area contributed by atoms with E-state index in [2.05, 4.69) is 101 Å². The van der Waals surface area contributed by atoms with Crippen molar-refractivity contribution in [3.8, 4) is 11.1 Å². The minimum absolute atomic E-state index is 0.0219. The van der Waals surface area contributed by atoms with Crippen LogP contribution in [0.5, 0.6) is 0 Å². The Bertz CT molecular complexity index is 2220. The van der Waals surface area contributed by atoms with Crippen molar-refractivity contribution in [2.45, 2.75) is 6.17 Å². The Morgan fingerprint density at radius 1 is 0.512 bits per heavy atom. The maximum Gasteiger partial charge on any atom is 0.171 e. The van der Waals surface area contributed by atoms with Gasteiger partial charge in [-0.2, -0.15) is 0 Å². The first-order valence-electron chi connectivity index (χ1n) is 14.7. The molecule has 0 aromatic heterocycles. The molecule has 0 radical (unpaired) electrons. The second kappa shape index (κ2) is 9.19. The van der Waals surface area contributed by atoms with Gasteiger partial charge in [0.25, 0.3) is 0 Å². The van der Waals surface area contributed by atoms with E-state index in [4.69, 9.17) is 0 Å². The number of hydrogen-bond acceptors (Lipinski definition) is 3. The molecule has 0 fully saturated rings. The molecule has 0 saturated carbocycles. The summed E-state index contributed by atoms with van der Waals surface area (Å²) >= 11 is 0. The molecule has 0 bridgehead atoms. The van der Waals surface area contributed by atoms with Crippen molar-refractivity contribution in [3.05, 3.63) is 157 Å². The highest BCUT2D eigenvalue weighted by Crippen LogP contribution is 2.56. The van der Waals surface area contributed by atoms with Crippen LogP contribution in [-0.2, 0) is 4.57 Å². The number of rotatable bonds is 3. The Kier molecular flexibility index (Phi) is 5.24. The van der Waals surface area contributed by atoms with Crippen LogP contribution in [0.2, 0.25) is 0 Å². The molecule has 204 valence electrons. The molecule has 2 aliphatic rings. The first-order valence-corrected chi connectivity index (χ1v) is 16.4. The molecule has 2 heterocycles. The number of hydrogen-bond donors (Lipinski definition) is 1. The standard InChI is InChI=1S/C39H27N2OP/c42-43(29-12-3-1-4-13-29,30-14-5-2-6-15-30)31-21-19-27-24-34-33-22-20-26-11-7-8-16-32(26)38(33)39-40-35-17-9-10-18-36(35)41(39)37(34)25-28(27)23-31/h1-25,39-40H. The first kappa shape index (κ1) is 24.5. The van der Waals surface area contributed by atoms with Crippen LogP contribution >= 0.6 is 7.14 Å². The van der Waals surface area contributed by atoms with Gasteiger partial charge in [0.15, 0.2) is 7.14 Å². The van der Waals surface area contributed by atoms with Gasteiger partial charge < -0.3 is 14.8 Å². The largest absolute Gasteiger partial charge is 0.359 e. The lowest BCUT2D eigenvalue weighted by atomic mass is 9.86. The van der Waals surface area contributed by atoms with Crippen molar-refractivity contribution in [2.24, 2.45) is 0 Å². The van der Waals surface area contributed by atoms with Crippen LogP contribution in [0.3, 0.4) is 0 Å². The molecular formula is C39H27N2OP. The fourth-order valence-electron chi connectivity index (χ4n) is 7.06. The zero-order chi connectivity index (χ0) is 28.5. The summed E-state index contributed by atoms with van der Waals surface area (Å²) < 4.78 is 15.2. The van der Waals surface area contributed by atoms with Crippen LogP contribution in [0, 0.1) is 0 Å². The zero-order valence-corrected chi connectivity index (χ0v) is 24.2. The van der Waals surface area contributed by atoms with Gasteiger partial charge in [-0.3, -0.25) is 0 Å². The molecule has 0 spiro atoms. The van der Waals surface area contributed by atoms with E-state index in [1.165, 1.54) is 33.2 Å². The summed E-state index contributed by atoms with van der Waals surface area (Å²) in [5.41, 5.74) is 7.22. The molecule has 0 amide bonds. The molecule has 3 nitrogen and oxygen atoms in total. The minimum Gasteiger partial charge on any atom is -0.359 e. The lowest BCUT2D eigenvalue weighted by Gasteiger charge is -2.36. The normalized spacial score (nSPS) is 15.0. The monoisotopic (exact) mass is 570 g/mol. The lowest BCUT2D eigenvalue weighted by molar-refractivity contribution is 0.592. The van der Waals surface area contributed by atoms with Crippen molar-refractivity contribution in [1.29, 1.82) is 0 Å². The second-order valence-corrected chi connectivity index (χ2v) is 14.1. The molecule has 0 saturated heterocycles. The van der Waals surface area contributed by atoms with E-state index in [9.17, 15) is 0 Å². The Morgan fingerprint density at radius 2 is 1.19 bits per heavy atom. The molecule has 0 aliphatic carbocycles. The van der Waals surface area contributed by atoms with Crippen LogP contribution < -0.4 is 26.1 Å². The smallest absolute Gasteiger partial charge is 0.171 e. The fraction of sp³-hybridized carbons (Fsp3) is 0.0256. The van der Waals surface area contributed by atoms with E-state index >= 15 is 4.57 Å². The first-order chi connectivity index (χ1) is 21.2. The summed E-state index contributed by atoms with van der Waals surface area (Å²) in [6, 6.07) is 52.5. The van der Waals surface area contributed by atoms with Crippen molar-refractivity contribution >= 4 is 61.7 Å². The third kappa shape index (κ3) is 3.52. The molecule has 1 N–H and O–H groups in total. The highest BCUT2D eigenvalue weighted by molar-refractivity contribution is 7.85. The average Bonchev–Trinajstić information content (AvgIpc) is 3.47. The minimum atomic E-state index is -3.09. The van der Waals surface area contributed by atoms with Crippen LogP contribution in [0.4, 0.5) is 17.1 Å². The summed E-state index contributed by atoms with van der Waals surface area (Å²) in [5.74, 6) is 0. The van der Waals surface area contributed by atoms with Crippen LogP contribution in [0.15, 0.2) is 152 Å². The number of benzene rings is 7. The molecule has 9 rings (SSSR count). The number of nitrogens with zero attached hydrogens (tertiary/aromatic N) is 1. The predicted molar refractivity (Wildman–Crippen MR) is 181 cm³/mol. The molecule has 43 heavy (non-hydrogen) atoms. The molecule has 7 aromatic rings. The summed E-state index contributed by atoms with van der Waals surface area (Å²) in [6.07, 6.45) is -0.0219. The van der Waals surface area contributed by atoms with E-state index in [1.807, 2.05) is 60.7 Å². The number of anilines is 3. The van der Waals surface area contributed by atoms with E-state index < -0.39 is 7.14 Å². The maximum atomic E-state index is 15.2. The third-order valence-electron chi connectivity index (χ3n) is 9.05. The number of para-hydroxylation sites is 2. The van der Waals surface area contributed by atoms with E-state index in [1.54, 1.807) is 0 Å². The Morgan fingerprint density at radius 3 is 1.98 bits per heavy atom. The molecule has 1 atom stereocenters.